The van der Waals surface area contributed by atoms with Crippen molar-refractivity contribution in [1.29, 1.82) is 0 Å². The van der Waals surface area contributed by atoms with Crippen LogP contribution in [0.4, 0.5) is 0 Å². The lowest BCUT2D eigenvalue weighted by molar-refractivity contribution is -0.0639. The van der Waals surface area contributed by atoms with Crippen molar-refractivity contribution < 1.29 is 5.11 Å². The van der Waals surface area contributed by atoms with Gasteiger partial charge < -0.3 is 5.11 Å². The van der Waals surface area contributed by atoms with Gasteiger partial charge in [-0.15, -0.1) is 0 Å². The van der Waals surface area contributed by atoms with E-state index in [0.717, 1.165) is 18.7 Å². The Balaban J connectivity index is 2.15. The summed E-state index contributed by atoms with van der Waals surface area (Å²) >= 11 is 0. The van der Waals surface area contributed by atoms with Crippen molar-refractivity contribution in [3.05, 3.63) is 12.2 Å². The van der Waals surface area contributed by atoms with Gasteiger partial charge in [0.1, 0.15) is 12.2 Å². The van der Waals surface area contributed by atoms with Crippen LogP contribution in [0.3, 0.4) is 0 Å². The van der Waals surface area contributed by atoms with E-state index in [4.69, 9.17) is 0 Å². The smallest absolute Gasteiger partial charge is 0.138 e. The van der Waals surface area contributed by atoms with Crippen LogP contribution in [-0.2, 0) is 13.5 Å². The third-order valence-corrected chi connectivity index (χ3v) is 4.24. The number of aliphatic hydroxyl groups is 1. The first kappa shape index (κ1) is 11.6. The second-order valence-electron chi connectivity index (χ2n) is 5.24. The van der Waals surface area contributed by atoms with E-state index in [1.807, 2.05) is 7.05 Å². The van der Waals surface area contributed by atoms with Crippen molar-refractivity contribution in [2.75, 3.05) is 0 Å². The Hall–Kier alpha value is -0.900. The molecule has 3 unspecified atom stereocenters. The van der Waals surface area contributed by atoms with Gasteiger partial charge in [-0.3, -0.25) is 4.68 Å². The lowest BCUT2D eigenvalue weighted by atomic mass is 9.69. The molecule has 1 aromatic rings. The van der Waals surface area contributed by atoms with E-state index in [9.17, 15) is 5.11 Å². The van der Waals surface area contributed by atoms with E-state index < -0.39 is 5.60 Å². The highest BCUT2D eigenvalue weighted by molar-refractivity contribution is 4.99. The molecule has 0 aromatic carbocycles. The van der Waals surface area contributed by atoms with Crippen molar-refractivity contribution in [3.8, 4) is 0 Å². The average molecular weight is 223 g/mol. The summed E-state index contributed by atoms with van der Waals surface area (Å²) in [6.45, 7) is 4.38. The van der Waals surface area contributed by atoms with Crippen LogP contribution in [0.5, 0.6) is 0 Å². The fraction of sp³-hybridized carbons (Fsp3) is 0.833. The number of rotatable bonds is 2. The van der Waals surface area contributed by atoms with Crippen LogP contribution >= 0.6 is 0 Å². The SMILES string of the molecule is CC1CCCC(O)(Cc2ncnn2C)C1C. The topological polar surface area (TPSA) is 50.9 Å². The van der Waals surface area contributed by atoms with Crippen molar-refractivity contribution in [2.24, 2.45) is 18.9 Å². The molecule has 1 saturated carbocycles. The van der Waals surface area contributed by atoms with E-state index in [1.54, 1.807) is 11.0 Å². The van der Waals surface area contributed by atoms with Gasteiger partial charge in [0, 0.05) is 13.5 Å². The molecule has 0 radical (unpaired) electrons. The first-order valence-corrected chi connectivity index (χ1v) is 6.08. The van der Waals surface area contributed by atoms with Crippen LogP contribution in [0.1, 0.15) is 38.9 Å². The molecular weight excluding hydrogens is 202 g/mol. The van der Waals surface area contributed by atoms with Gasteiger partial charge in [-0.2, -0.15) is 5.10 Å². The second-order valence-corrected chi connectivity index (χ2v) is 5.24. The predicted molar refractivity (Wildman–Crippen MR) is 61.8 cm³/mol. The van der Waals surface area contributed by atoms with Crippen molar-refractivity contribution in [3.63, 3.8) is 0 Å². The molecule has 0 spiro atoms. The van der Waals surface area contributed by atoms with E-state index in [0.29, 0.717) is 18.3 Å². The van der Waals surface area contributed by atoms with E-state index in [2.05, 4.69) is 23.9 Å². The predicted octanol–water partition coefficient (Wildman–Crippen LogP) is 1.54. The number of nitrogens with zero attached hydrogens (tertiary/aromatic N) is 3. The number of hydrogen-bond acceptors (Lipinski definition) is 3. The molecule has 4 heteroatoms. The molecule has 0 aliphatic heterocycles. The van der Waals surface area contributed by atoms with Crippen molar-refractivity contribution in [2.45, 2.75) is 45.1 Å². The third-order valence-electron chi connectivity index (χ3n) is 4.24. The zero-order valence-electron chi connectivity index (χ0n) is 10.3. The van der Waals surface area contributed by atoms with Crippen LogP contribution in [0.15, 0.2) is 6.33 Å². The summed E-state index contributed by atoms with van der Waals surface area (Å²) in [5.74, 6) is 1.80. The second kappa shape index (κ2) is 4.17. The van der Waals surface area contributed by atoms with Gasteiger partial charge in [-0.05, 0) is 18.3 Å². The Kier molecular flexibility index (Phi) is 3.02. The minimum atomic E-state index is -0.599. The normalized spacial score (nSPS) is 35.2. The van der Waals surface area contributed by atoms with Crippen LogP contribution < -0.4 is 0 Å². The highest BCUT2D eigenvalue weighted by Crippen LogP contribution is 2.39. The molecule has 0 saturated heterocycles. The number of aryl methyl sites for hydroxylation is 1. The first-order chi connectivity index (χ1) is 7.53. The highest BCUT2D eigenvalue weighted by atomic mass is 16.3. The number of aromatic nitrogens is 3. The molecule has 1 aliphatic rings. The fourth-order valence-corrected chi connectivity index (χ4v) is 2.74. The van der Waals surface area contributed by atoms with Crippen LogP contribution in [0.25, 0.3) is 0 Å². The molecule has 90 valence electrons. The van der Waals surface area contributed by atoms with Crippen LogP contribution in [-0.4, -0.2) is 25.5 Å². The van der Waals surface area contributed by atoms with Gasteiger partial charge in [-0.25, -0.2) is 4.98 Å². The molecule has 1 aliphatic carbocycles. The minimum Gasteiger partial charge on any atom is -0.389 e. The standard InChI is InChI=1S/C12H21N3O/c1-9-5-4-6-12(16,10(9)2)7-11-13-8-14-15(11)3/h8-10,16H,4-7H2,1-3H3. The van der Waals surface area contributed by atoms with Gasteiger partial charge >= 0.3 is 0 Å². The third kappa shape index (κ3) is 1.98. The zero-order valence-corrected chi connectivity index (χ0v) is 10.3. The molecule has 0 amide bonds. The molecule has 1 fully saturated rings. The van der Waals surface area contributed by atoms with E-state index >= 15 is 0 Å². The summed E-state index contributed by atoms with van der Waals surface area (Å²) in [6.07, 6.45) is 5.39. The van der Waals surface area contributed by atoms with Gasteiger partial charge in [0.15, 0.2) is 0 Å². The minimum absolute atomic E-state index is 0.331. The average Bonchev–Trinajstić information content (AvgIpc) is 2.61. The molecule has 1 N–H and O–H groups in total. The molecule has 3 atom stereocenters. The number of hydrogen-bond donors (Lipinski definition) is 1. The maximum absolute atomic E-state index is 10.7. The van der Waals surface area contributed by atoms with Crippen molar-refractivity contribution in [1.82, 2.24) is 14.8 Å². The monoisotopic (exact) mass is 223 g/mol. The van der Waals surface area contributed by atoms with Gasteiger partial charge in [0.2, 0.25) is 0 Å². The van der Waals surface area contributed by atoms with E-state index in [1.165, 1.54) is 6.42 Å². The Labute approximate surface area is 96.7 Å². The summed E-state index contributed by atoms with van der Waals surface area (Å²) in [5.41, 5.74) is -0.599. The summed E-state index contributed by atoms with van der Waals surface area (Å²) in [7, 11) is 1.88. The summed E-state index contributed by atoms with van der Waals surface area (Å²) in [5, 5.41) is 14.8. The molecule has 2 rings (SSSR count). The molecule has 0 bridgehead atoms. The van der Waals surface area contributed by atoms with E-state index in [-0.39, 0.29) is 0 Å². The summed E-state index contributed by atoms with van der Waals surface area (Å²) in [4.78, 5) is 4.21. The maximum atomic E-state index is 10.7. The maximum Gasteiger partial charge on any atom is 0.138 e. The highest BCUT2D eigenvalue weighted by Gasteiger charge is 2.40. The largest absolute Gasteiger partial charge is 0.389 e. The van der Waals surface area contributed by atoms with Gasteiger partial charge in [-0.1, -0.05) is 26.7 Å². The summed E-state index contributed by atoms with van der Waals surface area (Å²) in [6, 6.07) is 0. The Morgan fingerprint density at radius 1 is 1.56 bits per heavy atom. The molecule has 1 heterocycles. The quantitative estimate of drug-likeness (QED) is 0.827. The zero-order chi connectivity index (χ0) is 11.8. The molecule has 1 aromatic heterocycles. The van der Waals surface area contributed by atoms with Gasteiger partial charge in [0.05, 0.1) is 5.60 Å². The van der Waals surface area contributed by atoms with Crippen molar-refractivity contribution >= 4 is 0 Å². The van der Waals surface area contributed by atoms with Gasteiger partial charge in [0.25, 0.3) is 0 Å². The van der Waals surface area contributed by atoms with Crippen LogP contribution in [0.2, 0.25) is 0 Å². The Bertz CT molecular complexity index is 363. The Morgan fingerprint density at radius 3 is 2.94 bits per heavy atom. The first-order valence-electron chi connectivity index (χ1n) is 6.08. The fourth-order valence-electron chi connectivity index (χ4n) is 2.74. The van der Waals surface area contributed by atoms with Crippen LogP contribution in [0, 0.1) is 11.8 Å². The molecule has 16 heavy (non-hydrogen) atoms. The lowest BCUT2D eigenvalue weighted by Gasteiger charge is -2.41. The Morgan fingerprint density at radius 2 is 2.31 bits per heavy atom. The molecular formula is C12H21N3O. The lowest BCUT2D eigenvalue weighted by Crippen LogP contribution is -2.45. The summed E-state index contributed by atoms with van der Waals surface area (Å²) < 4.78 is 1.75. The molecule has 4 nitrogen and oxygen atoms in total.